The van der Waals surface area contributed by atoms with Crippen molar-refractivity contribution >= 4 is 12.0 Å². The summed E-state index contributed by atoms with van der Waals surface area (Å²) in [6.07, 6.45) is 8.49. The molecule has 1 unspecified atom stereocenters. The van der Waals surface area contributed by atoms with Crippen LogP contribution in [0.1, 0.15) is 40.0 Å². The molecule has 1 saturated carbocycles. The van der Waals surface area contributed by atoms with Crippen molar-refractivity contribution in [1.29, 1.82) is 0 Å². The first-order valence-electron chi connectivity index (χ1n) is 10.8. The molecule has 6 nitrogen and oxygen atoms in total. The van der Waals surface area contributed by atoms with Crippen LogP contribution in [0.5, 0.6) is 17.2 Å². The van der Waals surface area contributed by atoms with Gasteiger partial charge >= 0.3 is 0 Å². The molecular formula is C26H26N2O4. The molecule has 0 aliphatic heterocycles. The van der Waals surface area contributed by atoms with Crippen molar-refractivity contribution < 1.29 is 19.0 Å². The molecule has 2 aliphatic carbocycles. The fraction of sp³-hybridized carbons (Fsp3) is 0.308. The molecule has 2 aliphatic rings. The van der Waals surface area contributed by atoms with E-state index in [1.54, 1.807) is 32.2 Å². The second-order valence-electron chi connectivity index (χ2n) is 8.30. The van der Waals surface area contributed by atoms with Gasteiger partial charge in [0, 0.05) is 28.9 Å². The van der Waals surface area contributed by atoms with E-state index in [2.05, 4.69) is 29.4 Å². The van der Waals surface area contributed by atoms with Gasteiger partial charge in [0.2, 0.25) is 11.7 Å². The van der Waals surface area contributed by atoms with Gasteiger partial charge in [0.15, 0.2) is 11.5 Å². The smallest absolute Gasteiger partial charge is 0.250 e. The van der Waals surface area contributed by atoms with Gasteiger partial charge in [0.25, 0.3) is 0 Å². The quantitative estimate of drug-likeness (QED) is 0.576. The van der Waals surface area contributed by atoms with E-state index in [1.807, 2.05) is 30.3 Å². The Morgan fingerprint density at radius 2 is 1.75 bits per heavy atom. The van der Waals surface area contributed by atoms with Gasteiger partial charge in [-0.25, -0.2) is 4.68 Å². The Hall–Kier alpha value is -3.54. The van der Waals surface area contributed by atoms with E-state index in [9.17, 15) is 4.79 Å². The van der Waals surface area contributed by atoms with E-state index in [-0.39, 0.29) is 11.8 Å². The summed E-state index contributed by atoms with van der Waals surface area (Å²) in [7, 11) is 4.86. The summed E-state index contributed by atoms with van der Waals surface area (Å²) in [5.41, 5.74) is 3.37. The first-order valence-corrected chi connectivity index (χ1v) is 10.8. The molecule has 0 amide bonds. The van der Waals surface area contributed by atoms with Crippen molar-refractivity contribution in [2.24, 2.45) is 5.92 Å². The molecule has 164 valence electrons. The van der Waals surface area contributed by atoms with Gasteiger partial charge in [0.1, 0.15) is 0 Å². The molecule has 0 radical (unpaired) electrons. The summed E-state index contributed by atoms with van der Waals surface area (Å²) in [4.78, 5) is 12.9. The zero-order valence-corrected chi connectivity index (χ0v) is 18.5. The number of carbonyl (C=O) groups is 1. The molecule has 1 atom stereocenters. The maximum absolute atomic E-state index is 12.9. The Balaban J connectivity index is 1.73. The molecule has 6 heteroatoms. The Bertz CT molecular complexity index is 1190. The van der Waals surface area contributed by atoms with Crippen molar-refractivity contribution in [3.63, 3.8) is 0 Å². The van der Waals surface area contributed by atoms with Crippen molar-refractivity contribution in [3.8, 4) is 17.2 Å². The largest absolute Gasteiger partial charge is 0.493 e. The third-order valence-electron chi connectivity index (χ3n) is 6.50. The molecule has 1 heterocycles. The molecule has 3 aromatic rings. The van der Waals surface area contributed by atoms with Crippen LogP contribution in [0.25, 0.3) is 6.08 Å². The lowest BCUT2D eigenvalue weighted by molar-refractivity contribution is 0.0865. The third kappa shape index (κ3) is 3.09. The first-order chi connectivity index (χ1) is 15.6. The predicted molar refractivity (Wildman–Crippen MR) is 122 cm³/mol. The van der Waals surface area contributed by atoms with E-state index < -0.39 is 5.41 Å². The minimum atomic E-state index is -0.569. The number of hydrogen-bond acceptors (Lipinski definition) is 5. The van der Waals surface area contributed by atoms with Crippen LogP contribution in [-0.2, 0) is 11.8 Å². The molecule has 0 bridgehead atoms. The second-order valence-corrected chi connectivity index (χ2v) is 8.30. The number of carbonyl (C=O) groups excluding carboxylic acids is 1. The lowest BCUT2D eigenvalue weighted by Crippen LogP contribution is -2.33. The summed E-state index contributed by atoms with van der Waals surface area (Å²) in [6.45, 7) is 0. The van der Waals surface area contributed by atoms with Gasteiger partial charge in [0.05, 0.1) is 33.2 Å². The third-order valence-corrected chi connectivity index (χ3v) is 6.50. The summed E-state index contributed by atoms with van der Waals surface area (Å²) < 4.78 is 18.7. The Morgan fingerprint density at radius 1 is 1.00 bits per heavy atom. The Labute approximate surface area is 187 Å². The highest BCUT2D eigenvalue weighted by molar-refractivity contribution is 5.84. The minimum Gasteiger partial charge on any atom is -0.493 e. The topological polar surface area (TPSA) is 62.6 Å². The molecule has 2 aromatic carbocycles. The zero-order chi connectivity index (χ0) is 22.3. The van der Waals surface area contributed by atoms with Crippen molar-refractivity contribution in [2.45, 2.75) is 24.7 Å². The number of aromatic nitrogens is 2. The van der Waals surface area contributed by atoms with Crippen LogP contribution in [0, 0.1) is 5.92 Å². The van der Waals surface area contributed by atoms with Crippen molar-refractivity contribution in [2.75, 3.05) is 21.3 Å². The van der Waals surface area contributed by atoms with Gasteiger partial charge in [-0.1, -0.05) is 48.6 Å². The van der Waals surface area contributed by atoms with Crippen LogP contribution in [-0.4, -0.2) is 37.0 Å². The highest BCUT2D eigenvalue weighted by atomic mass is 16.5. The number of benzene rings is 2. The summed E-state index contributed by atoms with van der Waals surface area (Å²) in [5.74, 6) is 1.94. The van der Waals surface area contributed by atoms with E-state index in [1.165, 1.54) is 0 Å². The number of ether oxygens (including phenoxy) is 3. The Kier molecular flexibility index (Phi) is 5.00. The number of methoxy groups -OCH3 is 3. The van der Waals surface area contributed by atoms with E-state index in [4.69, 9.17) is 14.2 Å². The van der Waals surface area contributed by atoms with Gasteiger partial charge in [-0.05, 0) is 24.5 Å². The minimum absolute atomic E-state index is 0.0859. The number of hydrogen-bond donors (Lipinski definition) is 0. The second kappa shape index (κ2) is 7.86. The molecular weight excluding hydrogens is 404 g/mol. The maximum Gasteiger partial charge on any atom is 0.250 e. The predicted octanol–water partition coefficient (Wildman–Crippen LogP) is 4.51. The van der Waals surface area contributed by atoms with Crippen LogP contribution in [0.2, 0.25) is 0 Å². The van der Waals surface area contributed by atoms with E-state index >= 15 is 0 Å². The fourth-order valence-corrected chi connectivity index (χ4v) is 4.68. The van der Waals surface area contributed by atoms with Gasteiger partial charge in [-0.15, -0.1) is 0 Å². The van der Waals surface area contributed by atoms with Gasteiger partial charge < -0.3 is 14.2 Å². The number of fused-ring (bicyclic) bond motifs is 1. The van der Waals surface area contributed by atoms with Crippen molar-refractivity contribution in [1.82, 2.24) is 9.78 Å². The highest BCUT2D eigenvalue weighted by Crippen LogP contribution is 2.50. The molecule has 32 heavy (non-hydrogen) atoms. The standard InChI is InChI=1S/C26H26N2O4/c1-30-22-12-11-20(23(31-2)24(22)32-3)26(19-7-5-4-6-8-19)14-13-18-16-27-28(21(18)15-26)25(29)17-9-10-17/h4-8,11-14,16-17H,9-10,15H2,1-3H3. The number of allylic oxidation sites excluding steroid dienone is 1. The molecule has 1 fully saturated rings. The molecule has 0 N–H and O–H groups in total. The summed E-state index contributed by atoms with van der Waals surface area (Å²) in [6, 6.07) is 14.2. The lowest BCUT2D eigenvalue weighted by Gasteiger charge is -2.36. The first kappa shape index (κ1) is 20.4. The SMILES string of the molecule is COc1ccc(C2(c3ccccc3)C=Cc3cnn(C(=O)C4CC4)c3C2)c(OC)c1OC. The average molecular weight is 431 g/mol. The Morgan fingerprint density at radius 3 is 2.41 bits per heavy atom. The van der Waals surface area contributed by atoms with Crippen LogP contribution >= 0.6 is 0 Å². The molecule has 0 saturated heterocycles. The summed E-state index contributed by atoms with van der Waals surface area (Å²) >= 11 is 0. The monoisotopic (exact) mass is 430 g/mol. The van der Waals surface area contributed by atoms with Crippen molar-refractivity contribution in [3.05, 3.63) is 77.1 Å². The van der Waals surface area contributed by atoms with Crippen LogP contribution in [0.4, 0.5) is 0 Å². The lowest BCUT2D eigenvalue weighted by atomic mass is 9.68. The average Bonchev–Trinajstić information content (AvgIpc) is 3.62. The molecule has 1 aromatic heterocycles. The fourth-order valence-electron chi connectivity index (χ4n) is 4.68. The van der Waals surface area contributed by atoms with E-state index in [0.717, 1.165) is 35.2 Å². The maximum atomic E-state index is 12.9. The van der Waals surface area contributed by atoms with Gasteiger partial charge in [-0.2, -0.15) is 5.10 Å². The number of nitrogens with zero attached hydrogens (tertiary/aromatic N) is 2. The summed E-state index contributed by atoms with van der Waals surface area (Å²) in [5, 5.41) is 4.46. The molecule has 5 rings (SSSR count). The van der Waals surface area contributed by atoms with E-state index in [0.29, 0.717) is 23.7 Å². The van der Waals surface area contributed by atoms with Crippen LogP contribution in [0.15, 0.2) is 54.7 Å². The number of rotatable bonds is 6. The van der Waals surface area contributed by atoms with Crippen LogP contribution < -0.4 is 14.2 Å². The normalized spacial score (nSPS) is 19.3. The molecule has 0 spiro atoms. The van der Waals surface area contributed by atoms with Gasteiger partial charge in [-0.3, -0.25) is 4.79 Å². The zero-order valence-electron chi connectivity index (χ0n) is 18.5. The highest BCUT2D eigenvalue weighted by Gasteiger charge is 2.42. The van der Waals surface area contributed by atoms with Crippen LogP contribution in [0.3, 0.4) is 0 Å².